The van der Waals surface area contributed by atoms with Crippen molar-refractivity contribution >= 4 is 24.9 Å². The first-order valence-electron chi connectivity index (χ1n) is 7.53. The molecule has 21 heavy (non-hydrogen) atoms. The first kappa shape index (κ1) is 20.7. The Kier molecular flexibility index (Phi) is 11.1. The van der Waals surface area contributed by atoms with Crippen molar-refractivity contribution in [3.05, 3.63) is 11.6 Å². The fraction of sp³-hybridized carbons (Fsp3) is 0.800. The van der Waals surface area contributed by atoms with Gasteiger partial charge in [0.15, 0.2) is 0 Å². The van der Waals surface area contributed by atoms with Crippen molar-refractivity contribution in [2.45, 2.75) is 40.5 Å². The van der Waals surface area contributed by atoms with E-state index in [-0.39, 0.29) is 12.1 Å². The van der Waals surface area contributed by atoms with Crippen LogP contribution in [0, 0.1) is 5.92 Å². The van der Waals surface area contributed by atoms with Gasteiger partial charge in [-0.15, -0.1) is 11.6 Å². The molecular formula is C15H28ClO4P. The van der Waals surface area contributed by atoms with Crippen LogP contribution in [0.3, 0.4) is 0 Å². The SMILES string of the molecule is CCOC(=O)C(=CCCCCl)CP(=O)(CC(C)C)OCC. The van der Waals surface area contributed by atoms with Gasteiger partial charge >= 0.3 is 5.97 Å². The van der Waals surface area contributed by atoms with E-state index in [4.69, 9.17) is 20.9 Å². The van der Waals surface area contributed by atoms with Crippen molar-refractivity contribution in [1.82, 2.24) is 0 Å². The molecule has 0 rings (SSSR count). The Balaban J connectivity index is 5.07. The highest BCUT2D eigenvalue weighted by atomic mass is 35.5. The molecule has 0 aliphatic rings. The highest BCUT2D eigenvalue weighted by Crippen LogP contribution is 2.50. The average molecular weight is 339 g/mol. The summed E-state index contributed by atoms with van der Waals surface area (Å²) in [5, 5.41) is 0. The van der Waals surface area contributed by atoms with E-state index in [2.05, 4.69) is 0 Å². The molecule has 0 spiro atoms. The Morgan fingerprint density at radius 3 is 2.43 bits per heavy atom. The van der Waals surface area contributed by atoms with Crippen LogP contribution in [0.25, 0.3) is 0 Å². The van der Waals surface area contributed by atoms with Gasteiger partial charge in [0.05, 0.1) is 19.4 Å². The Morgan fingerprint density at radius 2 is 1.95 bits per heavy atom. The summed E-state index contributed by atoms with van der Waals surface area (Å²) >= 11 is 5.65. The Hall–Kier alpha value is -0.310. The second-order valence-corrected chi connectivity index (χ2v) is 8.19. The summed E-state index contributed by atoms with van der Waals surface area (Å²) in [6.45, 7) is 8.23. The number of ether oxygens (including phenoxy) is 1. The lowest BCUT2D eigenvalue weighted by Crippen LogP contribution is -2.14. The van der Waals surface area contributed by atoms with Crippen molar-refractivity contribution in [2.75, 3.05) is 31.4 Å². The maximum atomic E-state index is 12.9. The maximum Gasteiger partial charge on any atom is 0.334 e. The molecule has 124 valence electrons. The summed E-state index contributed by atoms with van der Waals surface area (Å²) in [6.07, 6.45) is 3.83. The Morgan fingerprint density at radius 1 is 1.29 bits per heavy atom. The van der Waals surface area contributed by atoms with Gasteiger partial charge in [0, 0.05) is 17.6 Å². The van der Waals surface area contributed by atoms with Crippen LogP contribution in [-0.4, -0.2) is 37.4 Å². The number of hydrogen-bond acceptors (Lipinski definition) is 4. The first-order chi connectivity index (χ1) is 9.88. The molecule has 0 aromatic carbocycles. The normalized spacial score (nSPS) is 15.0. The van der Waals surface area contributed by atoms with Gasteiger partial charge in [0.25, 0.3) is 0 Å². The number of halogens is 1. The maximum absolute atomic E-state index is 12.9. The third-order valence-electron chi connectivity index (χ3n) is 2.69. The van der Waals surface area contributed by atoms with Crippen molar-refractivity contribution < 1.29 is 18.6 Å². The summed E-state index contributed by atoms with van der Waals surface area (Å²) in [5.74, 6) is 0.367. The number of unbranched alkanes of at least 4 members (excludes halogenated alkanes) is 1. The van der Waals surface area contributed by atoms with Gasteiger partial charge in [0.2, 0.25) is 7.37 Å². The standard InChI is InChI=1S/C15H28ClO4P/c1-5-19-15(17)14(9-7-8-10-16)12-21(18,20-6-2)11-13(3)4/h9,13H,5-8,10-12H2,1-4H3. The van der Waals surface area contributed by atoms with Gasteiger partial charge in [-0.25, -0.2) is 4.79 Å². The number of rotatable bonds is 11. The van der Waals surface area contributed by atoms with E-state index in [1.54, 1.807) is 13.0 Å². The molecule has 0 heterocycles. The highest BCUT2D eigenvalue weighted by molar-refractivity contribution is 7.59. The number of hydrogen-bond donors (Lipinski definition) is 0. The zero-order chi connectivity index (χ0) is 16.3. The number of allylic oxidation sites excluding steroid dienone is 1. The average Bonchev–Trinajstić information content (AvgIpc) is 2.37. The summed E-state index contributed by atoms with van der Waals surface area (Å²) < 4.78 is 23.4. The van der Waals surface area contributed by atoms with Crippen molar-refractivity contribution in [1.29, 1.82) is 0 Å². The van der Waals surface area contributed by atoms with Gasteiger partial charge in [-0.1, -0.05) is 19.9 Å². The molecule has 0 saturated carbocycles. The zero-order valence-electron chi connectivity index (χ0n) is 13.6. The van der Waals surface area contributed by atoms with E-state index in [0.29, 0.717) is 37.2 Å². The molecule has 0 radical (unpaired) electrons. The van der Waals surface area contributed by atoms with E-state index in [1.807, 2.05) is 20.8 Å². The van der Waals surface area contributed by atoms with Crippen LogP contribution in [-0.2, 0) is 18.6 Å². The highest BCUT2D eigenvalue weighted by Gasteiger charge is 2.28. The van der Waals surface area contributed by atoms with Crippen LogP contribution >= 0.6 is 19.0 Å². The second-order valence-electron chi connectivity index (χ2n) is 5.25. The van der Waals surface area contributed by atoms with Crippen LogP contribution < -0.4 is 0 Å². The van der Waals surface area contributed by atoms with Crippen molar-refractivity contribution in [2.24, 2.45) is 5.92 Å². The van der Waals surface area contributed by atoms with Crippen LogP contribution in [0.1, 0.15) is 40.5 Å². The monoisotopic (exact) mass is 338 g/mol. The molecule has 0 aliphatic heterocycles. The van der Waals surface area contributed by atoms with Gasteiger partial charge in [-0.3, -0.25) is 4.57 Å². The molecule has 0 amide bonds. The zero-order valence-corrected chi connectivity index (χ0v) is 15.2. The van der Waals surface area contributed by atoms with Gasteiger partial charge in [0.1, 0.15) is 0 Å². The van der Waals surface area contributed by atoms with Crippen LogP contribution in [0.4, 0.5) is 0 Å². The van der Waals surface area contributed by atoms with E-state index in [1.165, 1.54) is 0 Å². The third-order valence-corrected chi connectivity index (χ3v) is 5.79. The predicted octanol–water partition coefficient (Wildman–Crippen LogP) is 4.47. The molecule has 0 aliphatic carbocycles. The fourth-order valence-electron chi connectivity index (χ4n) is 2.00. The fourth-order valence-corrected chi connectivity index (χ4v) is 4.84. The molecule has 1 atom stereocenters. The molecule has 0 aromatic heterocycles. The van der Waals surface area contributed by atoms with E-state index >= 15 is 0 Å². The molecule has 0 N–H and O–H groups in total. The molecule has 6 heteroatoms. The van der Waals surface area contributed by atoms with Crippen LogP contribution in [0.2, 0.25) is 0 Å². The van der Waals surface area contributed by atoms with Gasteiger partial charge in [-0.05, 0) is 32.6 Å². The lowest BCUT2D eigenvalue weighted by molar-refractivity contribution is -0.138. The minimum atomic E-state index is -2.86. The molecule has 0 bridgehead atoms. The predicted molar refractivity (Wildman–Crippen MR) is 88.5 cm³/mol. The summed E-state index contributed by atoms with van der Waals surface area (Å²) in [7, 11) is -2.86. The molecule has 0 saturated heterocycles. The molecule has 1 unspecified atom stereocenters. The Bertz CT molecular complexity index is 380. The van der Waals surface area contributed by atoms with Crippen LogP contribution in [0.5, 0.6) is 0 Å². The lowest BCUT2D eigenvalue weighted by atomic mass is 10.2. The summed E-state index contributed by atoms with van der Waals surface area (Å²) in [6, 6.07) is 0. The summed E-state index contributed by atoms with van der Waals surface area (Å²) in [4.78, 5) is 12.0. The third kappa shape index (κ3) is 9.34. The minimum absolute atomic E-state index is 0.139. The number of esters is 1. The molecular weight excluding hydrogens is 311 g/mol. The van der Waals surface area contributed by atoms with E-state index < -0.39 is 13.3 Å². The molecule has 0 fully saturated rings. The topological polar surface area (TPSA) is 52.6 Å². The van der Waals surface area contributed by atoms with Crippen molar-refractivity contribution in [3.8, 4) is 0 Å². The largest absolute Gasteiger partial charge is 0.463 e. The summed E-state index contributed by atoms with van der Waals surface area (Å²) in [5.41, 5.74) is 0.444. The smallest absolute Gasteiger partial charge is 0.334 e. The Labute approximate surface area is 133 Å². The van der Waals surface area contributed by atoms with Crippen LogP contribution in [0.15, 0.2) is 11.6 Å². The molecule has 4 nitrogen and oxygen atoms in total. The lowest BCUT2D eigenvalue weighted by Gasteiger charge is -2.20. The number of carbonyl (C=O) groups excluding carboxylic acids is 1. The van der Waals surface area contributed by atoms with Gasteiger partial charge < -0.3 is 9.26 Å². The van der Waals surface area contributed by atoms with E-state index in [0.717, 1.165) is 6.42 Å². The number of alkyl halides is 1. The minimum Gasteiger partial charge on any atom is -0.463 e. The first-order valence-corrected chi connectivity index (χ1v) is 10.1. The molecule has 0 aromatic rings. The van der Waals surface area contributed by atoms with Gasteiger partial charge in [-0.2, -0.15) is 0 Å². The van der Waals surface area contributed by atoms with E-state index in [9.17, 15) is 9.36 Å². The van der Waals surface area contributed by atoms with Crippen molar-refractivity contribution in [3.63, 3.8) is 0 Å². The number of carbonyl (C=O) groups is 1. The second kappa shape index (κ2) is 11.3. The quantitative estimate of drug-likeness (QED) is 0.183.